The first kappa shape index (κ1) is 25.3. The van der Waals surface area contributed by atoms with Crippen LogP contribution in [0.3, 0.4) is 0 Å². The minimum absolute atomic E-state index is 0.219. The van der Waals surface area contributed by atoms with Crippen LogP contribution in [0.15, 0.2) is 53.8 Å². The molecule has 1 aromatic carbocycles. The topological polar surface area (TPSA) is 74.0 Å². The van der Waals surface area contributed by atoms with Crippen molar-refractivity contribution in [2.75, 3.05) is 0 Å². The van der Waals surface area contributed by atoms with Gasteiger partial charge in [0.1, 0.15) is 11.7 Å². The van der Waals surface area contributed by atoms with Crippen LogP contribution in [-0.2, 0) is 27.8 Å². The Morgan fingerprint density at radius 1 is 1.06 bits per heavy atom. The number of hydrogen-bond acceptors (Lipinski definition) is 2. The maximum atomic E-state index is 12.7. The molecule has 5 heteroatoms. The van der Waals surface area contributed by atoms with Crippen molar-refractivity contribution in [3.63, 3.8) is 0 Å². The van der Waals surface area contributed by atoms with Crippen molar-refractivity contribution < 1.29 is 9.59 Å². The predicted octanol–water partition coefficient (Wildman–Crippen LogP) is 5.62. The molecule has 1 fully saturated rings. The third kappa shape index (κ3) is 5.41. The number of benzene rings is 1. The lowest BCUT2D eigenvalue weighted by Gasteiger charge is -2.23. The van der Waals surface area contributed by atoms with E-state index in [1.807, 2.05) is 6.08 Å². The lowest BCUT2D eigenvalue weighted by Crippen LogP contribution is -2.53. The van der Waals surface area contributed by atoms with Crippen molar-refractivity contribution >= 4 is 28.8 Å². The SMILES string of the molecule is C=CC(C)(C)c1[nH]c2c(CC=C(C)C)cc(CC=C(C)C)cc2c1/C=C1/NC(=O)[C@H](C)NC1=O. The van der Waals surface area contributed by atoms with Gasteiger partial charge in [-0.25, -0.2) is 0 Å². The first-order valence-electron chi connectivity index (χ1n) is 11.8. The summed E-state index contributed by atoms with van der Waals surface area (Å²) in [5.41, 5.74) is 7.73. The van der Waals surface area contributed by atoms with Crippen molar-refractivity contribution in [1.82, 2.24) is 15.6 Å². The highest BCUT2D eigenvalue weighted by molar-refractivity contribution is 6.08. The number of nitrogens with one attached hydrogen (secondary N) is 3. The molecule has 0 saturated carbocycles. The fourth-order valence-electron chi connectivity index (χ4n) is 4.01. The molecule has 0 bridgehead atoms. The van der Waals surface area contributed by atoms with E-state index in [2.05, 4.69) is 88.0 Å². The van der Waals surface area contributed by atoms with Gasteiger partial charge in [0, 0.05) is 27.6 Å². The molecular formula is C29H37N3O2. The monoisotopic (exact) mass is 459 g/mol. The summed E-state index contributed by atoms with van der Waals surface area (Å²) in [5, 5.41) is 6.55. The Kier molecular flexibility index (Phi) is 7.35. The van der Waals surface area contributed by atoms with Crippen LogP contribution in [-0.4, -0.2) is 22.8 Å². The summed E-state index contributed by atoms with van der Waals surface area (Å²) >= 11 is 0. The molecule has 0 aliphatic carbocycles. The smallest absolute Gasteiger partial charge is 0.268 e. The highest BCUT2D eigenvalue weighted by atomic mass is 16.2. The first-order valence-corrected chi connectivity index (χ1v) is 11.8. The number of H-pyrrole nitrogens is 1. The Morgan fingerprint density at radius 2 is 1.71 bits per heavy atom. The lowest BCUT2D eigenvalue weighted by molar-refractivity contribution is -0.130. The third-order valence-electron chi connectivity index (χ3n) is 6.25. The zero-order valence-corrected chi connectivity index (χ0v) is 21.5. The van der Waals surface area contributed by atoms with Gasteiger partial charge in [-0.1, -0.05) is 49.3 Å². The molecule has 3 N–H and O–H groups in total. The van der Waals surface area contributed by atoms with Crippen LogP contribution in [0, 0.1) is 0 Å². The number of allylic oxidation sites excluding steroid dienone is 5. The van der Waals surface area contributed by atoms with Gasteiger partial charge in [-0.2, -0.15) is 0 Å². The van der Waals surface area contributed by atoms with Crippen molar-refractivity contribution in [3.05, 3.63) is 76.2 Å². The largest absolute Gasteiger partial charge is 0.357 e. The second-order valence-corrected chi connectivity index (χ2v) is 10.2. The zero-order valence-electron chi connectivity index (χ0n) is 21.5. The van der Waals surface area contributed by atoms with Crippen LogP contribution in [0.2, 0.25) is 0 Å². The Balaban J connectivity index is 2.32. The summed E-state index contributed by atoms with van der Waals surface area (Å²) in [7, 11) is 0. The summed E-state index contributed by atoms with van der Waals surface area (Å²) in [6, 6.07) is 3.90. The molecule has 0 radical (unpaired) electrons. The Hall–Kier alpha value is -3.34. The number of fused-ring (bicyclic) bond motifs is 1. The summed E-state index contributed by atoms with van der Waals surface area (Å²) in [4.78, 5) is 28.6. The second kappa shape index (κ2) is 9.88. The number of hydrogen-bond donors (Lipinski definition) is 3. The molecule has 2 heterocycles. The number of rotatable bonds is 7. The van der Waals surface area contributed by atoms with Crippen LogP contribution in [0.4, 0.5) is 0 Å². The molecule has 1 aromatic heterocycles. The summed E-state index contributed by atoms with van der Waals surface area (Å²) < 4.78 is 0. The van der Waals surface area contributed by atoms with E-state index in [-0.39, 0.29) is 22.9 Å². The fraction of sp³-hybridized carbons (Fsp3) is 0.379. The van der Waals surface area contributed by atoms with Crippen LogP contribution < -0.4 is 10.6 Å². The summed E-state index contributed by atoms with van der Waals surface area (Å²) in [6.07, 6.45) is 9.79. The number of piperazine rings is 1. The van der Waals surface area contributed by atoms with Gasteiger partial charge in [0.2, 0.25) is 5.91 Å². The first-order chi connectivity index (χ1) is 15.9. The van der Waals surface area contributed by atoms with Crippen LogP contribution in [0.5, 0.6) is 0 Å². The minimum Gasteiger partial charge on any atom is -0.357 e. The third-order valence-corrected chi connectivity index (χ3v) is 6.25. The van der Waals surface area contributed by atoms with Crippen molar-refractivity contribution in [1.29, 1.82) is 0 Å². The fourth-order valence-corrected chi connectivity index (χ4v) is 4.01. The molecule has 180 valence electrons. The van der Waals surface area contributed by atoms with Gasteiger partial charge in [-0.15, -0.1) is 6.58 Å². The standard InChI is InChI=1S/C29H37N3O2/c1-9-29(7,8)26-23(16-24-28(34)30-19(6)27(33)31-24)22-15-20(12-10-17(2)3)14-21(25(22)32-26)13-11-18(4)5/h9-11,14-16,19,32H,1,12-13H2,2-8H3,(H,30,34)(H,31,33)/b24-16+/t19-/m0/s1. The highest BCUT2D eigenvalue weighted by Gasteiger charge is 2.29. The quantitative estimate of drug-likeness (QED) is 0.371. The molecule has 3 rings (SSSR count). The molecule has 0 spiro atoms. The average molecular weight is 460 g/mol. The molecule has 1 aliphatic rings. The number of aromatic amines is 1. The summed E-state index contributed by atoms with van der Waals surface area (Å²) in [5.74, 6) is -0.502. The molecule has 0 unspecified atom stereocenters. The second-order valence-electron chi connectivity index (χ2n) is 10.2. The maximum absolute atomic E-state index is 12.7. The van der Waals surface area contributed by atoms with E-state index in [1.54, 1.807) is 13.0 Å². The van der Waals surface area contributed by atoms with E-state index in [9.17, 15) is 9.59 Å². The number of amides is 2. The normalized spacial score (nSPS) is 17.4. The maximum Gasteiger partial charge on any atom is 0.268 e. The Morgan fingerprint density at radius 3 is 2.32 bits per heavy atom. The van der Waals surface area contributed by atoms with Crippen molar-refractivity contribution in [2.45, 2.75) is 72.8 Å². The minimum atomic E-state index is -0.553. The lowest BCUT2D eigenvalue weighted by atomic mass is 9.86. The van der Waals surface area contributed by atoms with Crippen molar-refractivity contribution in [2.24, 2.45) is 0 Å². The Labute approximate surface area is 203 Å². The van der Waals surface area contributed by atoms with Crippen LogP contribution in [0.25, 0.3) is 17.0 Å². The summed E-state index contributed by atoms with van der Waals surface area (Å²) in [6.45, 7) is 18.3. The molecule has 2 amide bonds. The zero-order chi connectivity index (χ0) is 25.2. The van der Waals surface area contributed by atoms with E-state index >= 15 is 0 Å². The Bertz CT molecular complexity index is 1230. The van der Waals surface area contributed by atoms with E-state index in [0.717, 1.165) is 35.0 Å². The molecule has 1 aliphatic heterocycles. The average Bonchev–Trinajstić information content (AvgIpc) is 3.13. The van der Waals surface area contributed by atoms with Gasteiger partial charge >= 0.3 is 0 Å². The van der Waals surface area contributed by atoms with Gasteiger partial charge < -0.3 is 15.6 Å². The number of carbonyl (C=O) groups excluding carboxylic acids is 2. The van der Waals surface area contributed by atoms with Crippen molar-refractivity contribution in [3.8, 4) is 0 Å². The number of carbonyl (C=O) groups is 2. The highest BCUT2D eigenvalue weighted by Crippen LogP contribution is 2.36. The molecule has 34 heavy (non-hydrogen) atoms. The van der Waals surface area contributed by atoms with Gasteiger partial charge in [-0.05, 0) is 70.7 Å². The van der Waals surface area contributed by atoms with Gasteiger partial charge in [-0.3, -0.25) is 9.59 Å². The molecule has 1 saturated heterocycles. The molecule has 2 aromatic rings. The number of aromatic nitrogens is 1. The van der Waals surface area contributed by atoms with Crippen LogP contribution in [0.1, 0.15) is 70.9 Å². The van der Waals surface area contributed by atoms with E-state index in [4.69, 9.17) is 0 Å². The molecule has 5 nitrogen and oxygen atoms in total. The van der Waals surface area contributed by atoms with Gasteiger partial charge in [0.25, 0.3) is 5.91 Å². The van der Waals surface area contributed by atoms with E-state index in [0.29, 0.717) is 0 Å². The van der Waals surface area contributed by atoms with Gasteiger partial charge in [0.15, 0.2) is 0 Å². The molecule has 1 atom stereocenters. The van der Waals surface area contributed by atoms with E-state index in [1.165, 1.54) is 22.3 Å². The van der Waals surface area contributed by atoms with Crippen LogP contribution >= 0.6 is 0 Å². The van der Waals surface area contributed by atoms with E-state index < -0.39 is 6.04 Å². The predicted molar refractivity (Wildman–Crippen MR) is 142 cm³/mol. The molecular weight excluding hydrogens is 422 g/mol. The van der Waals surface area contributed by atoms with Gasteiger partial charge in [0.05, 0.1) is 0 Å².